The summed E-state index contributed by atoms with van der Waals surface area (Å²) in [6, 6.07) is 11.6. The van der Waals surface area contributed by atoms with Crippen LogP contribution < -0.4 is 0 Å². The molecule has 1 aromatic carbocycles. The number of aliphatic hydroxyl groups is 2. The van der Waals surface area contributed by atoms with E-state index < -0.39 is 70.5 Å². The monoisotopic (exact) mass is 553 g/mol. The predicted molar refractivity (Wildman–Crippen MR) is 140 cm³/mol. The first-order valence-corrected chi connectivity index (χ1v) is 13.4. The highest BCUT2D eigenvalue weighted by molar-refractivity contribution is 5.90. The van der Waals surface area contributed by atoms with E-state index in [4.69, 9.17) is 18.9 Å². The van der Waals surface area contributed by atoms with Gasteiger partial charge in [0.25, 0.3) is 0 Å². The molecule has 40 heavy (non-hydrogen) atoms. The Bertz CT molecular complexity index is 1300. The van der Waals surface area contributed by atoms with E-state index in [9.17, 15) is 24.6 Å². The molecule has 3 fully saturated rings. The smallest absolute Gasteiger partial charge is 0.340 e. The van der Waals surface area contributed by atoms with E-state index in [2.05, 4.69) is 4.98 Å². The first kappa shape index (κ1) is 28.2. The van der Waals surface area contributed by atoms with E-state index in [-0.39, 0.29) is 18.4 Å². The number of aromatic nitrogens is 1. The Labute approximate surface area is 232 Å². The molecule has 1 spiro atoms. The maximum Gasteiger partial charge on any atom is 0.340 e. The Morgan fingerprint density at radius 3 is 2.20 bits per heavy atom. The number of ether oxygens (including phenoxy) is 4. The fourth-order valence-electron chi connectivity index (χ4n) is 7.38. The van der Waals surface area contributed by atoms with E-state index in [0.717, 1.165) is 0 Å². The second-order valence-corrected chi connectivity index (χ2v) is 11.9. The molecule has 2 saturated carbocycles. The van der Waals surface area contributed by atoms with Crippen molar-refractivity contribution in [1.82, 2.24) is 4.98 Å². The van der Waals surface area contributed by atoms with Crippen LogP contribution in [0.15, 0.2) is 54.9 Å². The number of benzene rings is 1. The second kappa shape index (κ2) is 9.64. The maximum absolute atomic E-state index is 13.4. The van der Waals surface area contributed by atoms with E-state index in [1.165, 1.54) is 19.3 Å². The molecule has 0 amide bonds. The first-order chi connectivity index (χ1) is 18.8. The van der Waals surface area contributed by atoms with E-state index >= 15 is 0 Å². The molecule has 10 nitrogen and oxygen atoms in total. The summed E-state index contributed by atoms with van der Waals surface area (Å²) >= 11 is 0. The number of carbonyl (C=O) groups excluding carboxylic acids is 3. The van der Waals surface area contributed by atoms with Crippen molar-refractivity contribution in [3.8, 4) is 0 Å². The topological polar surface area (TPSA) is 141 Å². The summed E-state index contributed by atoms with van der Waals surface area (Å²) in [5, 5.41) is 24.0. The number of carbonyl (C=O) groups is 3. The van der Waals surface area contributed by atoms with Crippen molar-refractivity contribution in [2.45, 2.75) is 88.7 Å². The standard InChI is InChI=1S/C30H35NO9/c1-17(32)37-24-22(33)21-23(39-26(35)19-12-9-15-31-16-19)30(40-27(21,2)3)28(4,36)14-13-20(29(24,30)5)38-25(34)18-10-7-6-8-11-18/h6-12,15-16,20-24,33,36H,13-14H2,1-5H3/t20-,21+,22-,23+,24+,28-,29-,30-/m0/s1. The fourth-order valence-corrected chi connectivity index (χ4v) is 7.38. The molecule has 2 bridgehead atoms. The quantitative estimate of drug-likeness (QED) is 0.419. The number of hydrogen-bond donors (Lipinski definition) is 2. The lowest BCUT2D eigenvalue weighted by Crippen LogP contribution is -2.81. The minimum absolute atomic E-state index is 0.113. The number of aliphatic hydroxyl groups excluding tert-OH is 1. The number of pyridine rings is 1. The maximum atomic E-state index is 13.4. The van der Waals surface area contributed by atoms with Gasteiger partial charge < -0.3 is 29.2 Å². The third kappa shape index (κ3) is 4.03. The molecule has 8 atom stereocenters. The van der Waals surface area contributed by atoms with Gasteiger partial charge in [-0.2, -0.15) is 0 Å². The lowest BCUT2D eigenvalue weighted by atomic mass is 9.47. The van der Waals surface area contributed by atoms with Crippen LogP contribution in [0.1, 0.15) is 68.2 Å². The second-order valence-electron chi connectivity index (χ2n) is 11.9. The van der Waals surface area contributed by atoms with Gasteiger partial charge >= 0.3 is 17.9 Å². The number of rotatable bonds is 5. The normalized spacial score (nSPS) is 37.6. The Morgan fingerprint density at radius 1 is 0.925 bits per heavy atom. The van der Waals surface area contributed by atoms with Gasteiger partial charge in [-0.1, -0.05) is 18.2 Å². The molecule has 2 aromatic rings. The molecular weight excluding hydrogens is 518 g/mol. The van der Waals surface area contributed by atoms with Gasteiger partial charge in [0, 0.05) is 19.3 Å². The fraction of sp³-hybridized carbons (Fsp3) is 0.533. The number of fused-ring (bicyclic) bond motifs is 1. The zero-order chi connectivity index (χ0) is 29.1. The number of nitrogens with zero attached hydrogens (tertiary/aromatic N) is 1. The molecule has 1 aliphatic heterocycles. The van der Waals surface area contributed by atoms with Crippen LogP contribution in [0.2, 0.25) is 0 Å². The van der Waals surface area contributed by atoms with Crippen molar-refractivity contribution in [2.75, 3.05) is 0 Å². The lowest BCUT2D eigenvalue weighted by Gasteiger charge is -2.64. The molecule has 3 aliphatic rings. The van der Waals surface area contributed by atoms with Crippen LogP contribution in [0, 0.1) is 11.3 Å². The lowest BCUT2D eigenvalue weighted by molar-refractivity contribution is -0.334. The summed E-state index contributed by atoms with van der Waals surface area (Å²) in [5.41, 5.74) is -5.60. The molecule has 10 heteroatoms. The Morgan fingerprint density at radius 2 is 1.57 bits per heavy atom. The van der Waals surface area contributed by atoms with Crippen molar-refractivity contribution in [2.24, 2.45) is 11.3 Å². The number of hydrogen-bond acceptors (Lipinski definition) is 10. The molecule has 5 rings (SSSR count). The Balaban J connectivity index is 1.67. The van der Waals surface area contributed by atoms with Gasteiger partial charge in [-0.25, -0.2) is 9.59 Å². The highest BCUT2D eigenvalue weighted by Crippen LogP contribution is 2.68. The summed E-state index contributed by atoms with van der Waals surface area (Å²) in [4.78, 5) is 43.1. The van der Waals surface area contributed by atoms with Gasteiger partial charge in [0.05, 0.1) is 33.7 Å². The van der Waals surface area contributed by atoms with Gasteiger partial charge in [0.15, 0.2) is 0 Å². The molecule has 1 aromatic heterocycles. The van der Waals surface area contributed by atoms with Gasteiger partial charge in [0.2, 0.25) is 0 Å². The van der Waals surface area contributed by atoms with E-state index in [0.29, 0.717) is 5.56 Å². The first-order valence-electron chi connectivity index (χ1n) is 13.4. The summed E-state index contributed by atoms with van der Waals surface area (Å²) in [7, 11) is 0. The molecule has 0 unspecified atom stereocenters. The minimum atomic E-state index is -1.74. The number of esters is 3. The SMILES string of the molecule is CC(=O)O[C@@H]1[C@@H](O)[C@@H]2[C@@H](OC(=O)c3cccnc3)[C@@]3(OC2(C)C)[C@@]1(C)[C@@H](OC(=O)c1ccccc1)CC[C@]3(C)O. The molecule has 2 N–H and O–H groups in total. The van der Waals surface area contributed by atoms with Crippen LogP contribution in [-0.2, 0) is 23.7 Å². The average molecular weight is 554 g/mol. The Hall–Kier alpha value is -3.34. The van der Waals surface area contributed by atoms with Crippen LogP contribution in [0.25, 0.3) is 0 Å². The Kier molecular flexibility index (Phi) is 6.80. The van der Waals surface area contributed by atoms with E-state index in [1.807, 2.05) is 0 Å². The predicted octanol–water partition coefficient (Wildman–Crippen LogP) is 2.85. The summed E-state index contributed by atoms with van der Waals surface area (Å²) in [6.07, 6.45) is -1.67. The van der Waals surface area contributed by atoms with Gasteiger partial charge in [-0.3, -0.25) is 9.78 Å². The highest BCUT2D eigenvalue weighted by atomic mass is 16.6. The van der Waals surface area contributed by atoms with Crippen LogP contribution in [0.4, 0.5) is 0 Å². The van der Waals surface area contributed by atoms with Crippen molar-refractivity contribution < 1.29 is 43.5 Å². The van der Waals surface area contributed by atoms with Gasteiger partial charge in [0.1, 0.15) is 30.0 Å². The summed E-state index contributed by atoms with van der Waals surface area (Å²) in [5.74, 6) is -2.91. The zero-order valence-corrected chi connectivity index (χ0v) is 23.2. The van der Waals surface area contributed by atoms with Gasteiger partial charge in [-0.05, 0) is 64.8 Å². The summed E-state index contributed by atoms with van der Waals surface area (Å²) in [6.45, 7) is 7.91. The molecular formula is C30H35NO9. The molecule has 0 radical (unpaired) electrons. The van der Waals surface area contributed by atoms with Crippen molar-refractivity contribution in [1.29, 1.82) is 0 Å². The third-order valence-electron chi connectivity index (χ3n) is 9.07. The molecule has 1 saturated heterocycles. The summed E-state index contributed by atoms with van der Waals surface area (Å²) < 4.78 is 24.7. The highest BCUT2D eigenvalue weighted by Gasteiger charge is 2.84. The van der Waals surface area contributed by atoms with Crippen molar-refractivity contribution in [3.63, 3.8) is 0 Å². The van der Waals surface area contributed by atoms with Crippen LogP contribution in [0.5, 0.6) is 0 Å². The molecule has 2 aliphatic carbocycles. The van der Waals surface area contributed by atoms with Crippen LogP contribution in [-0.4, -0.2) is 74.3 Å². The molecule has 2 heterocycles. The zero-order valence-electron chi connectivity index (χ0n) is 23.2. The third-order valence-corrected chi connectivity index (χ3v) is 9.07. The van der Waals surface area contributed by atoms with E-state index in [1.54, 1.807) is 70.2 Å². The van der Waals surface area contributed by atoms with Crippen molar-refractivity contribution >= 4 is 17.9 Å². The van der Waals surface area contributed by atoms with Crippen molar-refractivity contribution in [3.05, 3.63) is 66.0 Å². The van der Waals surface area contributed by atoms with Crippen LogP contribution >= 0.6 is 0 Å². The molecule has 214 valence electrons. The average Bonchev–Trinajstić information content (AvgIpc) is 3.13. The van der Waals surface area contributed by atoms with Gasteiger partial charge in [-0.15, -0.1) is 0 Å². The largest absolute Gasteiger partial charge is 0.459 e. The van der Waals surface area contributed by atoms with Crippen LogP contribution in [0.3, 0.4) is 0 Å². The minimum Gasteiger partial charge on any atom is -0.459 e.